The molecule has 2 aromatic heterocycles. The number of piperidine rings is 1. The minimum absolute atomic E-state index is 0.218. The lowest BCUT2D eigenvalue weighted by Gasteiger charge is -2.43. The summed E-state index contributed by atoms with van der Waals surface area (Å²) in [4.78, 5) is 6.87. The quantitative estimate of drug-likeness (QED) is 0.842. The molecular weight excluding hydrogens is 382 g/mol. The third-order valence-electron chi connectivity index (χ3n) is 5.42. The van der Waals surface area contributed by atoms with Crippen molar-refractivity contribution < 1.29 is 13.2 Å². The fraction of sp³-hybridized carbons (Fsp3) is 0.526. The van der Waals surface area contributed by atoms with Crippen LogP contribution in [0.3, 0.4) is 0 Å². The molecule has 2 N–H and O–H groups in total. The van der Waals surface area contributed by atoms with E-state index in [0.717, 1.165) is 17.0 Å². The van der Waals surface area contributed by atoms with Crippen LogP contribution in [0.1, 0.15) is 36.6 Å². The van der Waals surface area contributed by atoms with Crippen molar-refractivity contribution in [3.63, 3.8) is 0 Å². The fourth-order valence-corrected chi connectivity index (χ4v) is 6.77. The number of pyridine rings is 1. The molecule has 27 heavy (non-hydrogen) atoms. The first-order valence-electron chi connectivity index (χ1n) is 9.41. The Balaban J connectivity index is 1.61. The molecule has 0 aliphatic carbocycles. The third-order valence-corrected chi connectivity index (χ3v) is 8.71. The van der Waals surface area contributed by atoms with Crippen LogP contribution in [0, 0.1) is 0 Å². The molecule has 0 radical (unpaired) electrons. The number of nitrogen functional groups attached to an aromatic ring is 1. The van der Waals surface area contributed by atoms with Crippen molar-refractivity contribution in [2.75, 3.05) is 31.2 Å². The Morgan fingerprint density at radius 1 is 1.33 bits per heavy atom. The van der Waals surface area contributed by atoms with Gasteiger partial charge >= 0.3 is 0 Å². The predicted octanol–water partition coefficient (Wildman–Crippen LogP) is 3.00. The van der Waals surface area contributed by atoms with Gasteiger partial charge in [0, 0.05) is 24.4 Å². The van der Waals surface area contributed by atoms with Crippen molar-refractivity contribution in [2.45, 2.75) is 38.2 Å². The molecule has 0 amide bonds. The summed E-state index contributed by atoms with van der Waals surface area (Å²) in [6.07, 6.45) is 2.93. The van der Waals surface area contributed by atoms with E-state index in [9.17, 15) is 8.42 Å². The first-order chi connectivity index (χ1) is 12.9. The Labute approximate surface area is 164 Å². The molecule has 4 heterocycles. The first-order valence-corrected chi connectivity index (χ1v) is 11.8. The van der Waals surface area contributed by atoms with Crippen molar-refractivity contribution in [3.8, 4) is 10.6 Å². The number of rotatable bonds is 4. The molecule has 2 aliphatic rings. The van der Waals surface area contributed by atoms with Crippen LogP contribution in [0.15, 0.2) is 24.3 Å². The van der Waals surface area contributed by atoms with E-state index in [4.69, 9.17) is 10.5 Å². The fourth-order valence-electron chi connectivity index (χ4n) is 4.06. The zero-order valence-corrected chi connectivity index (χ0v) is 17.1. The van der Waals surface area contributed by atoms with Gasteiger partial charge in [0.15, 0.2) is 0 Å². The molecule has 146 valence electrons. The van der Waals surface area contributed by atoms with Crippen LogP contribution < -0.4 is 5.73 Å². The molecular formula is C19H25N3O3S2. The zero-order valence-electron chi connectivity index (χ0n) is 15.5. The van der Waals surface area contributed by atoms with Gasteiger partial charge in [0.2, 0.25) is 10.0 Å². The molecule has 0 saturated carbocycles. The van der Waals surface area contributed by atoms with Crippen LogP contribution >= 0.6 is 11.3 Å². The molecule has 0 unspecified atom stereocenters. The van der Waals surface area contributed by atoms with E-state index in [1.54, 1.807) is 21.7 Å². The largest absolute Gasteiger partial charge is 0.384 e. The van der Waals surface area contributed by atoms with E-state index in [0.29, 0.717) is 44.8 Å². The second-order valence-corrected chi connectivity index (χ2v) is 10.4. The van der Waals surface area contributed by atoms with Gasteiger partial charge < -0.3 is 10.5 Å². The van der Waals surface area contributed by atoms with E-state index in [1.807, 2.05) is 19.1 Å². The highest BCUT2D eigenvalue weighted by Crippen LogP contribution is 2.46. The average molecular weight is 408 g/mol. The van der Waals surface area contributed by atoms with Crippen molar-refractivity contribution in [3.05, 3.63) is 34.7 Å². The molecule has 0 aromatic carbocycles. The lowest BCUT2D eigenvalue weighted by atomic mass is 9.83. The molecule has 1 spiro atoms. The van der Waals surface area contributed by atoms with Crippen LogP contribution in [-0.4, -0.2) is 43.2 Å². The van der Waals surface area contributed by atoms with E-state index < -0.39 is 10.0 Å². The number of hydrogen-bond acceptors (Lipinski definition) is 6. The molecule has 4 rings (SSSR count). The van der Waals surface area contributed by atoms with Gasteiger partial charge in [-0.15, -0.1) is 11.3 Å². The number of fused-ring (bicyclic) bond motifs is 2. The van der Waals surface area contributed by atoms with Gasteiger partial charge in [-0.25, -0.2) is 17.7 Å². The Kier molecular flexibility index (Phi) is 5.00. The average Bonchev–Trinajstić information content (AvgIpc) is 3.08. The number of aromatic nitrogens is 1. The second-order valence-electron chi connectivity index (χ2n) is 7.20. The van der Waals surface area contributed by atoms with Crippen molar-refractivity contribution >= 4 is 27.2 Å². The second kappa shape index (κ2) is 7.16. The van der Waals surface area contributed by atoms with Crippen LogP contribution in [0.4, 0.5) is 5.82 Å². The highest BCUT2D eigenvalue weighted by atomic mass is 32.2. The van der Waals surface area contributed by atoms with Gasteiger partial charge in [-0.2, -0.15) is 0 Å². The molecule has 0 atom stereocenters. The topological polar surface area (TPSA) is 85.5 Å². The zero-order chi connectivity index (χ0) is 19.1. The minimum Gasteiger partial charge on any atom is -0.384 e. The molecule has 0 bridgehead atoms. The summed E-state index contributed by atoms with van der Waals surface area (Å²) >= 11 is 1.75. The molecule has 2 aliphatic heterocycles. The molecule has 2 aromatic rings. The Morgan fingerprint density at radius 3 is 2.81 bits per heavy atom. The maximum Gasteiger partial charge on any atom is 0.214 e. The molecule has 8 heteroatoms. The van der Waals surface area contributed by atoms with E-state index >= 15 is 0 Å². The number of thiophene rings is 1. The van der Waals surface area contributed by atoms with Crippen LogP contribution in [0.5, 0.6) is 0 Å². The number of ether oxygens (including phenoxy) is 1. The maximum absolute atomic E-state index is 12.4. The Bertz CT molecular complexity index is 931. The lowest BCUT2D eigenvalue weighted by Crippen LogP contribution is -2.48. The van der Waals surface area contributed by atoms with E-state index in [2.05, 4.69) is 11.1 Å². The summed E-state index contributed by atoms with van der Waals surface area (Å²) in [7, 11) is -3.15. The van der Waals surface area contributed by atoms with Gasteiger partial charge in [-0.05, 0) is 43.0 Å². The summed E-state index contributed by atoms with van der Waals surface area (Å²) in [6, 6.07) is 7.85. The summed E-state index contributed by atoms with van der Waals surface area (Å²) in [5.41, 5.74) is 7.56. The van der Waals surface area contributed by atoms with E-state index in [1.165, 1.54) is 10.4 Å². The number of nitrogens with two attached hydrogens (primary N) is 1. The summed E-state index contributed by atoms with van der Waals surface area (Å²) in [5, 5.41) is 0. The van der Waals surface area contributed by atoms with Gasteiger partial charge in [-0.3, -0.25) is 0 Å². The summed E-state index contributed by atoms with van der Waals surface area (Å²) in [5.74, 6) is 0.731. The van der Waals surface area contributed by atoms with Crippen LogP contribution in [0.25, 0.3) is 10.6 Å². The molecule has 6 nitrogen and oxygen atoms in total. The highest BCUT2D eigenvalue weighted by molar-refractivity contribution is 7.89. The SMILES string of the molecule is CCCS(=O)(=O)N1CCC2(CC1)OCCc1sc(-c3cccc(N)n3)cc12. The minimum atomic E-state index is -3.15. The smallest absolute Gasteiger partial charge is 0.214 e. The molecule has 1 saturated heterocycles. The van der Waals surface area contributed by atoms with Gasteiger partial charge in [0.1, 0.15) is 5.82 Å². The number of anilines is 1. The standard InChI is InChI=1S/C19H25N3O3S2/c1-2-12-27(23,24)22-9-7-19(8-10-22)14-13-17(26-16(14)6-11-25-19)15-4-3-5-18(20)21-15/h3-5,13H,2,6-12H2,1H3,(H2,20,21). The Morgan fingerprint density at radius 2 is 2.11 bits per heavy atom. The summed E-state index contributed by atoms with van der Waals surface area (Å²) < 4.78 is 32.7. The monoisotopic (exact) mass is 407 g/mol. The predicted molar refractivity (Wildman–Crippen MR) is 108 cm³/mol. The van der Waals surface area contributed by atoms with Crippen LogP contribution in [-0.2, 0) is 26.8 Å². The first kappa shape index (κ1) is 18.9. The van der Waals surface area contributed by atoms with Gasteiger partial charge in [-0.1, -0.05) is 13.0 Å². The van der Waals surface area contributed by atoms with Crippen LogP contribution in [0.2, 0.25) is 0 Å². The van der Waals surface area contributed by atoms with Gasteiger partial charge in [0.25, 0.3) is 0 Å². The normalized spacial score (nSPS) is 19.9. The number of hydrogen-bond donors (Lipinski definition) is 1. The van der Waals surface area contributed by atoms with E-state index in [-0.39, 0.29) is 11.4 Å². The third kappa shape index (κ3) is 3.51. The molecule has 1 fully saturated rings. The van der Waals surface area contributed by atoms with Crippen molar-refractivity contribution in [2.24, 2.45) is 0 Å². The maximum atomic E-state index is 12.4. The number of nitrogens with zero attached hydrogens (tertiary/aromatic N) is 2. The van der Waals surface area contributed by atoms with Gasteiger partial charge in [0.05, 0.1) is 28.5 Å². The van der Waals surface area contributed by atoms with Crippen molar-refractivity contribution in [1.82, 2.24) is 9.29 Å². The lowest BCUT2D eigenvalue weighted by molar-refractivity contribution is -0.0882. The highest BCUT2D eigenvalue weighted by Gasteiger charge is 2.43. The van der Waals surface area contributed by atoms with Crippen molar-refractivity contribution in [1.29, 1.82) is 0 Å². The Hall–Kier alpha value is -1.48. The summed E-state index contributed by atoms with van der Waals surface area (Å²) in [6.45, 7) is 3.61. The number of sulfonamides is 1.